The zero-order chi connectivity index (χ0) is 13.7. The predicted molar refractivity (Wildman–Crippen MR) is 73.2 cm³/mol. The van der Waals surface area contributed by atoms with E-state index in [-0.39, 0.29) is 12.0 Å². The Morgan fingerprint density at radius 2 is 2.47 bits per heavy atom. The molecule has 1 saturated heterocycles. The van der Waals surface area contributed by atoms with Gasteiger partial charge in [-0.2, -0.15) is 0 Å². The predicted octanol–water partition coefficient (Wildman–Crippen LogP) is 1.53. The van der Waals surface area contributed by atoms with Crippen molar-refractivity contribution in [2.75, 3.05) is 18.5 Å². The molecule has 3 N–H and O–H groups in total. The van der Waals surface area contributed by atoms with E-state index in [0.29, 0.717) is 12.3 Å². The van der Waals surface area contributed by atoms with Crippen LogP contribution in [-0.2, 0) is 9.53 Å². The molecule has 2 rings (SSSR count). The molecule has 1 aliphatic rings. The molecule has 2 atom stereocenters. The van der Waals surface area contributed by atoms with E-state index in [0.717, 1.165) is 25.2 Å². The fourth-order valence-corrected chi connectivity index (χ4v) is 1.88. The summed E-state index contributed by atoms with van der Waals surface area (Å²) < 4.78 is 11.2. The van der Waals surface area contributed by atoms with E-state index in [1.807, 2.05) is 12.1 Å². The molecule has 104 valence electrons. The Hall–Kier alpha value is -1.59. The van der Waals surface area contributed by atoms with Gasteiger partial charge in [0.1, 0.15) is 12.4 Å². The fourth-order valence-electron chi connectivity index (χ4n) is 1.88. The van der Waals surface area contributed by atoms with Crippen molar-refractivity contribution < 1.29 is 14.3 Å². The number of ether oxygens (including phenoxy) is 2. The number of carbonyl (C=O) groups is 1. The first kappa shape index (κ1) is 13.8. The SMILES string of the molecule is C[C@H](N)C(=O)Nc1cccc(OCC2CCCO2)c1. The minimum absolute atomic E-state index is 0.183. The average Bonchev–Trinajstić information content (AvgIpc) is 2.90. The van der Waals surface area contributed by atoms with Gasteiger partial charge >= 0.3 is 0 Å². The van der Waals surface area contributed by atoms with Gasteiger partial charge in [0.2, 0.25) is 5.91 Å². The van der Waals surface area contributed by atoms with E-state index in [9.17, 15) is 4.79 Å². The molecule has 1 aromatic carbocycles. The van der Waals surface area contributed by atoms with Gasteiger partial charge in [-0.25, -0.2) is 0 Å². The fraction of sp³-hybridized carbons (Fsp3) is 0.500. The Morgan fingerprint density at radius 3 is 3.16 bits per heavy atom. The second-order valence-corrected chi connectivity index (χ2v) is 4.75. The molecule has 1 aromatic rings. The number of anilines is 1. The van der Waals surface area contributed by atoms with Gasteiger partial charge in [-0.15, -0.1) is 0 Å². The zero-order valence-corrected chi connectivity index (χ0v) is 11.1. The minimum atomic E-state index is -0.531. The quantitative estimate of drug-likeness (QED) is 0.846. The lowest BCUT2D eigenvalue weighted by Crippen LogP contribution is -2.32. The van der Waals surface area contributed by atoms with Crippen LogP contribution in [0, 0.1) is 0 Å². The third-order valence-corrected chi connectivity index (χ3v) is 2.98. The van der Waals surface area contributed by atoms with Crippen molar-refractivity contribution in [2.45, 2.75) is 31.9 Å². The molecular weight excluding hydrogens is 244 g/mol. The molecule has 1 heterocycles. The zero-order valence-electron chi connectivity index (χ0n) is 11.1. The molecule has 19 heavy (non-hydrogen) atoms. The van der Waals surface area contributed by atoms with E-state index >= 15 is 0 Å². The molecular formula is C14H20N2O3. The first-order valence-corrected chi connectivity index (χ1v) is 6.56. The van der Waals surface area contributed by atoms with Gasteiger partial charge in [0.15, 0.2) is 0 Å². The van der Waals surface area contributed by atoms with Gasteiger partial charge in [0.25, 0.3) is 0 Å². The Kier molecular flexibility index (Phi) is 4.76. The Morgan fingerprint density at radius 1 is 1.63 bits per heavy atom. The van der Waals surface area contributed by atoms with Crippen molar-refractivity contribution in [1.29, 1.82) is 0 Å². The smallest absolute Gasteiger partial charge is 0.241 e. The second kappa shape index (κ2) is 6.54. The molecule has 0 aromatic heterocycles. The number of carbonyl (C=O) groups excluding carboxylic acids is 1. The number of amides is 1. The van der Waals surface area contributed by atoms with Crippen LogP contribution >= 0.6 is 0 Å². The van der Waals surface area contributed by atoms with Crippen LogP contribution in [0.5, 0.6) is 5.75 Å². The first-order chi connectivity index (χ1) is 9.15. The number of nitrogens with one attached hydrogen (secondary N) is 1. The normalized spacial score (nSPS) is 20.0. The van der Waals surface area contributed by atoms with E-state index in [1.54, 1.807) is 19.1 Å². The van der Waals surface area contributed by atoms with Crippen LogP contribution in [0.4, 0.5) is 5.69 Å². The number of benzene rings is 1. The molecule has 0 aliphatic carbocycles. The van der Waals surface area contributed by atoms with Gasteiger partial charge < -0.3 is 20.5 Å². The number of hydrogen-bond acceptors (Lipinski definition) is 4. The third kappa shape index (κ3) is 4.22. The number of rotatable bonds is 5. The molecule has 0 saturated carbocycles. The summed E-state index contributed by atoms with van der Waals surface area (Å²) >= 11 is 0. The van der Waals surface area contributed by atoms with Crippen LogP contribution in [0.3, 0.4) is 0 Å². The largest absolute Gasteiger partial charge is 0.491 e. The summed E-state index contributed by atoms with van der Waals surface area (Å²) in [4.78, 5) is 11.5. The first-order valence-electron chi connectivity index (χ1n) is 6.56. The van der Waals surface area contributed by atoms with Crippen LogP contribution in [0.15, 0.2) is 24.3 Å². The molecule has 0 spiro atoms. The maximum atomic E-state index is 11.5. The van der Waals surface area contributed by atoms with Crippen LogP contribution in [0.25, 0.3) is 0 Å². The van der Waals surface area contributed by atoms with Gasteiger partial charge in [-0.05, 0) is 31.9 Å². The summed E-state index contributed by atoms with van der Waals surface area (Å²) in [5, 5.41) is 2.73. The molecule has 1 aliphatic heterocycles. The van der Waals surface area contributed by atoms with Crippen LogP contribution in [0.1, 0.15) is 19.8 Å². The van der Waals surface area contributed by atoms with E-state index < -0.39 is 6.04 Å². The summed E-state index contributed by atoms with van der Waals surface area (Å²) in [5.74, 6) is 0.509. The van der Waals surface area contributed by atoms with Crippen molar-refractivity contribution in [3.05, 3.63) is 24.3 Å². The third-order valence-electron chi connectivity index (χ3n) is 2.98. The summed E-state index contributed by atoms with van der Waals surface area (Å²) in [6.45, 7) is 3.01. The molecule has 5 heteroatoms. The van der Waals surface area contributed by atoms with Crippen molar-refractivity contribution in [3.63, 3.8) is 0 Å². The Balaban J connectivity index is 1.89. The van der Waals surface area contributed by atoms with Gasteiger partial charge in [-0.1, -0.05) is 6.07 Å². The van der Waals surface area contributed by atoms with Crippen LogP contribution in [0.2, 0.25) is 0 Å². The van der Waals surface area contributed by atoms with E-state index in [2.05, 4.69) is 5.32 Å². The number of nitrogens with two attached hydrogens (primary N) is 1. The highest BCUT2D eigenvalue weighted by atomic mass is 16.5. The molecule has 0 bridgehead atoms. The topological polar surface area (TPSA) is 73.6 Å². The Labute approximate surface area is 113 Å². The minimum Gasteiger partial charge on any atom is -0.491 e. The van der Waals surface area contributed by atoms with Crippen LogP contribution in [-0.4, -0.2) is 31.3 Å². The Bertz CT molecular complexity index is 428. The summed E-state index contributed by atoms with van der Waals surface area (Å²) in [5.41, 5.74) is 6.19. The van der Waals surface area contributed by atoms with Crippen LogP contribution < -0.4 is 15.8 Å². The van der Waals surface area contributed by atoms with E-state index in [4.69, 9.17) is 15.2 Å². The van der Waals surface area contributed by atoms with Gasteiger partial charge in [-0.3, -0.25) is 4.79 Å². The highest BCUT2D eigenvalue weighted by Crippen LogP contribution is 2.19. The van der Waals surface area contributed by atoms with Gasteiger partial charge in [0.05, 0.1) is 12.1 Å². The molecule has 1 unspecified atom stereocenters. The summed E-state index contributed by atoms with van der Waals surface area (Å²) in [7, 11) is 0. The lowest BCUT2D eigenvalue weighted by Gasteiger charge is -2.13. The second-order valence-electron chi connectivity index (χ2n) is 4.75. The van der Waals surface area contributed by atoms with Crippen molar-refractivity contribution in [3.8, 4) is 5.75 Å². The maximum Gasteiger partial charge on any atom is 0.241 e. The maximum absolute atomic E-state index is 11.5. The average molecular weight is 264 g/mol. The van der Waals surface area contributed by atoms with E-state index in [1.165, 1.54) is 0 Å². The highest BCUT2D eigenvalue weighted by Gasteiger charge is 2.16. The number of hydrogen-bond donors (Lipinski definition) is 2. The summed E-state index contributed by atoms with van der Waals surface area (Å²) in [6, 6.07) is 6.75. The van der Waals surface area contributed by atoms with Crippen molar-refractivity contribution in [2.24, 2.45) is 5.73 Å². The lowest BCUT2D eigenvalue weighted by atomic mass is 10.2. The van der Waals surface area contributed by atoms with Gasteiger partial charge in [0, 0.05) is 18.4 Å². The molecule has 0 radical (unpaired) electrons. The lowest BCUT2D eigenvalue weighted by molar-refractivity contribution is -0.117. The molecule has 5 nitrogen and oxygen atoms in total. The molecule has 1 fully saturated rings. The molecule has 1 amide bonds. The highest BCUT2D eigenvalue weighted by molar-refractivity contribution is 5.94. The standard InChI is InChI=1S/C14H20N2O3/c1-10(15)14(17)16-11-4-2-5-12(8-11)19-9-13-6-3-7-18-13/h2,4-5,8,10,13H,3,6-7,9,15H2,1H3,(H,16,17)/t10-,13?/m0/s1. The van der Waals surface area contributed by atoms with Crippen molar-refractivity contribution in [1.82, 2.24) is 0 Å². The van der Waals surface area contributed by atoms with Crippen molar-refractivity contribution >= 4 is 11.6 Å². The summed E-state index contributed by atoms with van der Waals surface area (Å²) in [6.07, 6.45) is 2.32. The monoisotopic (exact) mass is 264 g/mol.